The predicted octanol–water partition coefficient (Wildman–Crippen LogP) is 1.04. The van der Waals surface area contributed by atoms with E-state index < -0.39 is 18.3 Å². The topological polar surface area (TPSA) is 93.1 Å². The second-order valence-corrected chi connectivity index (χ2v) is 5.67. The van der Waals surface area contributed by atoms with Gasteiger partial charge in [0.2, 0.25) is 0 Å². The number of phenolic OH excluding ortho intramolecular Hbond substituents is 1. The summed E-state index contributed by atoms with van der Waals surface area (Å²) in [6.07, 6.45) is -0.595. The van der Waals surface area contributed by atoms with E-state index in [9.17, 15) is 19.8 Å². The van der Waals surface area contributed by atoms with Crippen molar-refractivity contribution >= 4 is 11.8 Å². The molecule has 0 spiro atoms. The number of rotatable bonds is 2. The van der Waals surface area contributed by atoms with Crippen molar-refractivity contribution in [3.8, 4) is 11.5 Å². The van der Waals surface area contributed by atoms with E-state index in [2.05, 4.69) is 0 Å². The average molecular weight is 292 g/mol. The molecule has 0 aromatic heterocycles. The molecule has 2 heterocycles. The van der Waals surface area contributed by atoms with Crippen LogP contribution in [0.1, 0.15) is 30.1 Å². The van der Waals surface area contributed by atoms with Crippen LogP contribution < -0.4 is 4.74 Å². The zero-order valence-electron chi connectivity index (χ0n) is 11.5. The number of hydrogen-bond acceptors (Lipinski definition) is 6. The van der Waals surface area contributed by atoms with Gasteiger partial charge in [-0.2, -0.15) is 0 Å². The molecule has 0 amide bonds. The highest BCUT2D eigenvalue weighted by Crippen LogP contribution is 2.43. The molecule has 0 saturated carbocycles. The molecule has 0 radical (unpaired) electrons. The van der Waals surface area contributed by atoms with Gasteiger partial charge in [-0.1, -0.05) is 13.0 Å². The van der Waals surface area contributed by atoms with Gasteiger partial charge in [0, 0.05) is 5.92 Å². The summed E-state index contributed by atoms with van der Waals surface area (Å²) in [4.78, 5) is 23.8. The lowest BCUT2D eigenvalue weighted by Gasteiger charge is -2.41. The van der Waals surface area contributed by atoms with Gasteiger partial charge in [0.05, 0.1) is 19.4 Å². The van der Waals surface area contributed by atoms with Gasteiger partial charge in [0.1, 0.15) is 23.2 Å². The SMILES string of the molecule is C[C@H]1CC(=O)O[C@@H]1[C@@]1(CO)CC(=O)c2c(O)cccc2O1. The van der Waals surface area contributed by atoms with Crippen molar-refractivity contribution in [2.75, 3.05) is 6.61 Å². The van der Waals surface area contributed by atoms with Crippen molar-refractivity contribution in [1.29, 1.82) is 0 Å². The van der Waals surface area contributed by atoms with E-state index in [0.717, 1.165) is 0 Å². The first-order valence-corrected chi connectivity index (χ1v) is 6.81. The normalized spacial score (nSPS) is 31.5. The second-order valence-electron chi connectivity index (χ2n) is 5.67. The number of aromatic hydroxyl groups is 1. The summed E-state index contributed by atoms with van der Waals surface area (Å²) in [6.45, 7) is 1.37. The fourth-order valence-corrected chi connectivity index (χ4v) is 3.14. The smallest absolute Gasteiger partial charge is 0.306 e. The summed E-state index contributed by atoms with van der Waals surface area (Å²) in [5.74, 6) is -0.802. The van der Waals surface area contributed by atoms with Crippen LogP contribution in [0.15, 0.2) is 18.2 Å². The van der Waals surface area contributed by atoms with E-state index in [1.807, 2.05) is 6.92 Å². The molecule has 6 nitrogen and oxygen atoms in total. The highest BCUT2D eigenvalue weighted by molar-refractivity contribution is 6.02. The van der Waals surface area contributed by atoms with E-state index in [4.69, 9.17) is 9.47 Å². The number of carbonyl (C=O) groups excluding carboxylic acids is 2. The van der Waals surface area contributed by atoms with Crippen LogP contribution >= 0.6 is 0 Å². The Kier molecular flexibility index (Phi) is 3.13. The van der Waals surface area contributed by atoms with E-state index in [1.54, 1.807) is 12.1 Å². The van der Waals surface area contributed by atoms with Crippen molar-refractivity contribution in [2.24, 2.45) is 5.92 Å². The molecule has 2 aliphatic rings. The van der Waals surface area contributed by atoms with Crippen LogP contribution in [0.2, 0.25) is 0 Å². The molecule has 2 aliphatic heterocycles. The minimum atomic E-state index is -1.29. The Morgan fingerprint density at radius 1 is 1.38 bits per heavy atom. The molecular weight excluding hydrogens is 276 g/mol. The van der Waals surface area contributed by atoms with Crippen molar-refractivity contribution in [2.45, 2.75) is 31.5 Å². The average Bonchev–Trinajstić information content (AvgIpc) is 2.77. The molecular formula is C15H16O6. The van der Waals surface area contributed by atoms with E-state index in [1.165, 1.54) is 6.07 Å². The summed E-state index contributed by atoms with van der Waals surface area (Å²) in [7, 11) is 0. The molecule has 1 aromatic rings. The summed E-state index contributed by atoms with van der Waals surface area (Å²) >= 11 is 0. The maximum atomic E-state index is 12.3. The number of ketones is 1. The first-order valence-electron chi connectivity index (χ1n) is 6.81. The third-order valence-corrected chi connectivity index (χ3v) is 4.11. The lowest BCUT2D eigenvalue weighted by Crippen LogP contribution is -2.56. The zero-order valence-corrected chi connectivity index (χ0v) is 11.5. The third kappa shape index (κ3) is 2.06. The van der Waals surface area contributed by atoms with Crippen LogP contribution in [0.4, 0.5) is 0 Å². The lowest BCUT2D eigenvalue weighted by molar-refractivity contribution is -0.156. The maximum absolute atomic E-state index is 12.3. The van der Waals surface area contributed by atoms with Crippen LogP contribution in [0, 0.1) is 5.92 Å². The quantitative estimate of drug-likeness (QED) is 0.791. The number of ether oxygens (including phenoxy) is 2. The molecule has 0 unspecified atom stereocenters. The number of carbonyl (C=O) groups is 2. The van der Waals surface area contributed by atoms with Gasteiger partial charge in [0.15, 0.2) is 11.4 Å². The first kappa shape index (κ1) is 13.9. The minimum absolute atomic E-state index is 0.110. The van der Waals surface area contributed by atoms with Gasteiger partial charge in [-0.25, -0.2) is 0 Å². The summed E-state index contributed by atoms with van der Waals surface area (Å²) in [6, 6.07) is 4.52. The van der Waals surface area contributed by atoms with E-state index in [-0.39, 0.29) is 47.6 Å². The number of fused-ring (bicyclic) bond motifs is 1. The van der Waals surface area contributed by atoms with Crippen molar-refractivity contribution in [3.05, 3.63) is 23.8 Å². The Bertz CT molecular complexity index is 610. The molecule has 6 heteroatoms. The molecule has 1 fully saturated rings. The van der Waals surface area contributed by atoms with Gasteiger partial charge in [-0.05, 0) is 12.1 Å². The van der Waals surface area contributed by atoms with E-state index >= 15 is 0 Å². The fourth-order valence-electron chi connectivity index (χ4n) is 3.14. The van der Waals surface area contributed by atoms with Crippen LogP contribution in [0.3, 0.4) is 0 Å². The number of aliphatic hydroxyl groups is 1. The number of aliphatic hydroxyl groups excluding tert-OH is 1. The number of benzene rings is 1. The summed E-state index contributed by atoms with van der Waals surface area (Å²) < 4.78 is 11.1. The van der Waals surface area contributed by atoms with Crippen LogP contribution in [-0.2, 0) is 9.53 Å². The highest BCUT2D eigenvalue weighted by atomic mass is 16.6. The second kappa shape index (κ2) is 4.73. The van der Waals surface area contributed by atoms with Crippen LogP contribution in [0.25, 0.3) is 0 Å². The molecule has 2 N–H and O–H groups in total. The van der Waals surface area contributed by atoms with Gasteiger partial charge < -0.3 is 19.7 Å². The van der Waals surface area contributed by atoms with Crippen molar-refractivity contribution in [1.82, 2.24) is 0 Å². The zero-order chi connectivity index (χ0) is 15.2. The van der Waals surface area contributed by atoms with Gasteiger partial charge in [0.25, 0.3) is 0 Å². The molecule has 1 saturated heterocycles. The largest absolute Gasteiger partial charge is 0.507 e. The van der Waals surface area contributed by atoms with Gasteiger partial charge in [-0.3, -0.25) is 9.59 Å². The number of Topliss-reactive ketones (excluding diaryl/α,β-unsaturated/α-hetero) is 1. The number of cyclic esters (lactones) is 1. The van der Waals surface area contributed by atoms with Gasteiger partial charge in [-0.15, -0.1) is 0 Å². The summed E-state index contributed by atoms with van der Waals surface area (Å²) in [5.41, 5.74) is -1.18. The molecule has 112 valence electrons. The molecule has 3 atom stereocenters. The standard InChI is InChI=1S/C15H16O6/c1-8-5-12(19)20-14(8)15(7-16)6-10(18)13-9(17)3-2-4-11(13)21-15/h2-4,8,14,16-17H,5-7H2,1H3/t8-,14-,15-/m0/s1. The Morgan fingerprint density at radius 3 is 2.76 bits per heavy atom. The predicted molar refractivity (Wildman–Crippen MR) is 71.2 cm³/mol. The molecule has 21 heavy (non-hydrogen) atoms. The monoisotopic (exact) mass is 292 g/mol. The number of esters is 1. The maximum Gasteiger partial charge on any atom is 0.306 e. The fraction of sp³-hybridized carbons (Fsp3) is 0.467. The molecule has 0 bridgehead atoms. The lowest BCUT2D eigenvalue weighted by atomic mass is 9.81. The van der Waals surface area contributed by atoms with Crippen molar-refractivity contribution in [3.63, 3.8) is 0 Å². The van der Waals surface area contributed by atoms with E-state index in [0.29, 0.717) is 0 Å². The van der Waals surface area contributed by atoms with Crippen molar-refractivity contribution < 1.29 is 29.3 Å². The van der Waals surface area contributed by atoms with Crippen LogP contribution in [0.5, 0.6) is 11.5 Å². The Hall–Kier alpha value is -2.08. The minimum Gasteiger partial charge on any atom is -0.507 e. The Balaban J connectivity index is 2.02. The van der Waals surface area contributed by atoms with Gasteiger partial charge >= 0.3 is 5.97 Å². The third-order valence-electron chi connectivity index (χ3n) is 4.11. The highest BCUT2D eigenvalue weighted by Gasteiger charge is 2.53. The number of phenols is 1. The summed E-state index contributed by atoms with van der Waals surface area (Å²) in [5, 5.41) is 19.6. The Morgan fingerprint density at radius 2 is 2.14 bits per heavy atom. The van der Waals surface area contributed by atoms with Crippen LogP contribution in [-0.4, -0.2) is 40.3 Å². The number of hydrogen-bond donors (Lipinski definition) is 2. The molecule has 1 aromatic carbocycles. The molecule has 3 rings (SSSR count). The Labute approximate surface area is 121 Å². The first-order chi connectivity index (χ1) is 9.97. The molecule has 0 aliphatic carbocycles.